The Bertz CT molecular complexity index is 649. The number of pyridine rings is 1. The molecule has 0 saturated carbocycles. The zero-order valence-corrected chi connectivity index (χ0v) is 12.7. The van der Waals surface area contributed by atoms with Crippen LogP contribution in [0.5, 0.6) is 0 Å². The van der Waals surface area contributed by atoms with Gasteiger partial charge in [-0.25, -0.2) is 14.2 Å². The third-order valence-corrected chi connectivity index (χ3v) is 3.61. The molecule has 98 valence electrons. The molecule has 0 radical (unpaired) electrons. The van der Waals surface area contributed by atoms with Crippen molar-refractivity contribution in [3.63, 3.8) is 0 Å². The zero-order valence-electron chi connectivity index (χ0n) is 9.78. The van der Waals surface area contributed by atoms with Gasteiger partial charge in [-0.1, -0.05) is 11.6 Å². The van der Waals surface area contributed by atoms with Gasteiger partial charge in [-0.3, -0.25) is 0 Å². The monoisotopic (exact) mass is 391 g/mol. The van der Waals surface area contributed by atoms with Crippen molar-refractivity contribution < 1.29 is 13.9 Å². The van der Waals surface area contributed by atoms with E-state index in [-0.39, 0.29) is 11.5 Å². The van der Waals surface area contributed by atoms with E-state index in [9.17, 15) is 9.18 Å². The number of hydrogen-bond acceptors (Lipinski definition) is 3. The van der Waals surface area contributed by atoms with Gasteiger partial charge < -0.3 is 4.74 Å². The highest BCUT2D eigenvalue weighted by Gasteiger charge is 2.14. The van der Waals surface area contributed by atoms with Gasteiger partial charge in [-0.2, -0.15) is 0 Å². The Kier molecular flexibility index (Phi) is 4.36. The summed E-state index contributed by atoms with van der Waals surface area (Å²) >= 11 is 8.00. The number of carbonyl (C=O) groups excluding carboxylic acids is 1. The molecule has 0 atom stereocenters. The first-order chi connectivity index (χ1) is 9.02. The molecule has 0 unspecified atom stereocenters. The lowest BCUT2D eigenvalue weighted by Gasteiger charge is -2.07. The van der Waals surface area contributed by atoms with Crippen molar-refractivity contribution in [2.24, 2.45) is 0 Å². The summed E-state index contributed by atoms with van der Waals surface area (Å²) < 4.78 is 18.5. The van der Waals surface area contributed by atoms with Crippen LogP contribution in [-0.4, -0.2) is 18.1 Å². The number of nitrogens with zero attached hydrogens (tertiary/aromatic N) is 1. The van der Waals surface area contributed by atoms with Gasteiger partial charge in [-0.15, -0.1) is 0 Å². The molecule has 19 heavy (non-hydrogen) atoms. The molecule has 0 aliphatic rings. The predicted molar refractivity (Wildman–Crippen MR) is 78.7 cm³/mol. The highest BCUT2D eigenvalue weighted by molar-refractivity contribution is 14.1. The maximum Gasteiger partial charge on any atom is 0.357 e. The third kappa shape index (κ3) is 3.03. The summed E-state index contributed by atoms with van der Waals surface area (Å²) in [5, 5.41) is 0.421. The molecule has 2 aromatic rings. The van der Waals surface area contributed by atoms with Crippen molar-refractivity contribution in [2.75, 3.05) is 7.11 Å². The highest BCUT2D eigenvalue weighted by Crippen LogP contribution is 2.29. The fourth-order valence-electron chi connectivity index (χ4n) is 1.55. The minimum Gasteiger partial charge on any atom is -0.464 e. The van der Waals surface area contributed by atoms with Crippen LogP contribution in [0.1, 0.15) is 10.5 Å². The van der Waals surface area contributed by atoms with Crippen LogP contribution in [0.4, 0.5) is 4.39 Å². The molecule has 0 saturated heterocycles. The SMILES string of the molecule is COC(=O)c1ncc(-c2cc(F)ccc2Cl)cc1I. The summed E-state index contributed by atoms with van der Waals surface area (Å²) in [7, 11) is 1.29. The molecule has 1 heterocycles. The minimum atomic E-state index is -0.513. The van der Waals surface area contributed by atoms with Crippen LogP contribution >= 0.6 is 34.2 Å². The highest BCUT2D eigenvalue weighted by atomic mass is 127. The standard InChI is InChI=1S/C13H8ClFINO2/c1-19-13(18)12-11(16)4-7(6-17-12)9-5-8(15)2-3-10(9)14/h2-6H,1H3. The molecule has 2 rings (SSSR count). The number of benzene rings is 1. The van der Waals surface area contributed by atoms with E-state index in [0.29, 0.717) is 19.7 Å². The van der Waals surface area contributed by atoms with E-state index in [4.69, 9.17) is 11.6 Å². The normalized spacial score (nSPS) is 10.3. The summed E-state index contributed by atoms with van der Waals surface area (Å²) in [4.78, 5) is 15.5. The van der Waals surface area contributed by atoms with Crippen LogP contribution in [-0.2, 0) is 4.74 Å². The Balaban J connectivity index is 2.50. The fraction of sp³-hybridized carbons (Fsp3) is 0.0769. The fourth-order valence-corrected chi connectivity index (χ4v) is 2.47. The number of ether oxygens (including phenoxy) is 1. The molecule has 0 bridgehead atoms. The molecule has 0 fully saturated rings. The molecule has 0 aliphatic heterocycles. The molecule has 0 spiro atoms. The van der Waals surface area contributed by atoms with Crippen molar-refractivity contribution >= 4 is 40.2 Å². The van der Waals surface area contributed by atoms with Gasteiger partial charge in [0, 0.05) is 25.9 Å². The molecule has 0 N–H and O–H groups in total. The summed E-state index contributed by atoms with van der Waals surface area (Å²) in [6.07, 6.45) is 1.47. The summed E-state index contributed by atoms with van der Waals surface area (Å²) in [6.45, 7) is 0. The van der Waals surface area contributed by atoms with Gasteiger partial charge in [0.2, 0.25) is 0 Å². The van der Waals surface area contributed by atoms with Crippen molar-refractivity contribution in [3.05, 3.63) is 50.6 Å². The number of halogens is 3. The van der Waals surface area contributed by atoms with Crippen LogP contribution in [0.25, 0.3) is 11.1 Å². The summed E-state index contributed by atoms with van der Waals surface area (Å²) in [5.74, 6) is -0.896. The van der Waals surface area contributed by atoms with E-state index in [2.05, 4.69) is 9.72 Å². The minimum absolute atomic E-state index is 0.222. The van der Waals surface area contributed by atoms with E-state index in [0.717, 1.165) is 0 Å². The molecule has 1 aromatic heterocycles. The van der Waals surface area contributed by atoms with Crippen molar-refractivity contribution in [3.8, 4) is 11.1 Å². The average Bonchev–Trinajstić information content (AvgIpc) is 2.40. The van der Waals surface area contributed by atoms with Gasteiger partial charge in [0.15, 0.2) is 5.69 Å². The Labute approximate surface area is 127 Å². The largest absolute Gasteiger partial charge is 0.464 e. The Morgan fingerprint density at radius 2 is 2.16 bits per heavy atom. The lowest BCUT2D eigenvalue weighted by atomic mass is 10.1. The van der Waals surface area contributed by atoms with E-state index >= 15 is 0 Å². The number of aromatic nitrogens is 1. The average molecular weight is 392 g/mol. The Hall–Kier alpha value is -1.21. The van der Waals surface area contributed by atoms with Crippen LogP contribution < -0.4 is 0 Å². The second kappa shape index (κ2) is 5.83. The van der Waals surface area contributed by atoms with Crippen molar-refractivity contribution in [1.82, 2.24) is 4.98 Å². The van der Waals surface area contributed by atoms with Gasteiger partial charge in [0.1, 0.15) is 5.82 Å². The smallest absolute Gasteiger partial charge is 0.357 e. The third-order valence-electron chi connectivity index (χ3n) is 2.46. The van der Waals surface area contributed by atoms with Gasteiger partial charge in [0.25, 0.3) is 0 Å². The van der Waals surface area contributed by atoms with Crippen LogP contribution in [0.15, 0.2) is 30.5 Å². The van der Waals surface area contributed by atoms with Crippen LogP contribution in [0.3, 0.4) is 0 Å². The number of hydrogen-bond donors (Lipinski definition) is 0. The van der Waals surface area contributed by atoms with Gasteiger partial charge >= 0.3 is 5.97 Å². The first-order valence-corrected chi connectivity index (χ1v) is 6.68. The van der Waals surface area contributed by atoms with Gasteiger partial charge in [0.05, 0.1) is 7.11 Å². The van der Waals surface area contributed by atoms with E-state index < -0.39 is 5.97 Å². The molecule has 1 aromatic carbocycles. The van der Waals surface area contributed by atoms with Gasteiger partial charge in [-0.05, 0) is 46.9 Å². The number of carbonyl (C=O) groups is 1. The molecule has 0 amide bonds. The Morgan fingerprint density at radius 3 is 2.79 bits per heavy atom. The van der Waals surface area contributed by atoms with Crippen molar-refractivity contribution in [1.29, 1.82) is 0 Å². The predicted octanol–water partition coefficient (Wildman–Crippen LogP) is 3.93. The first-order valence-electron chi connectivity index (χ1n) is 5.22. The summed E-state index contributed by atoms with van der Waals surface area (Å²) in [5.41, 5.74) is 1.39. The molecule has 0 aliphatic carbocycles. The molecule has 6 heteroatoms. The zero-order chi connectivity index (χ0) is 14.0. The molecular formula is C13H8ClFINO2. The lowest BCUT2D eigenvalue weighted by Crippen LogP contribution is -2.06. The van der Waals surface area contributed by atoms with E-state index in [1.165, 1.54) is 31.5 Å². The van der Waals surface area contributed by atoms with Crippen LogP contribution in [0, 0.1) is 9.39 Å². The quantitative estimate of drug-likeness (QED) is 0.575. The maximum absolute atomic E-state index is 13.2. The van der Waals surface area contributed by atoms with E-state index in [1.807, 2.05) is 22.6 Å². The lowest BCUT2D eigenvalue weighted by molar-refractivity contribution is 0.0593. The molecule has 3 nitrogen and oxygen atoms in total. The first kappa shape index (κ1) is 14.2. The van der Waals surface area contributed by atoms with Crippen LogP contribution in [0.2, 0.25) is 5.02 Å². The second-order valence-electron chi connectivity index (χ2n) is 3.67. The number of methoxy groups -OCH3 is 1. The van der Waals surface area contributed by atoms with Crippen molar-refractivity contribution in [2.45, 2.75) is 0 Å². The summed E-state index contributed by atoms with van der Waals surface area (Å²) in [6, 6.07) is 5.80. The Morgan fingerprint density at radius 1 is 1.42 bits per heavy atom. The maximum atomic E-state index is 13.2. The second-order valence-corrected chi connectivity index (χ2v) is 5.24. The van der Waals surface area contributed by atoms with E-state index in [1.54, 1.807) is 6.07 Å². The number of esters is 1. The number of rotatable bonds is 2. The molecular weight excluding hydrogens is 384 g/mol. The topological polar surface area (TPSA) is 39.2 Å².